The Morgan fingerprint density at radius 1 is 1.18 bits per heavy atom. The van der Waals surface area contributed by atoms with Gasteiger partial charge in [-0.25, -0.2) is 8.42 Å². The van der Waals surface area contributed by atoms with Crippen molar-refractivity contribution in [3.05, 3.63) is 30.3 Å². The van der Waals surface area contributed by atoms with Crippen LogP contribution in [0, 0.1) is 0 Å². The van der Waals surface area contributed by atoms with Crippen LogP contribution in [0.15, 0.2) is 30.3 Å². The lowest BCUT2D eigenvalue weighted by Crippen LogP contribution is -2.48. The Morgan fingerprint density at radius 2 is 1.82 bits per heavy atom. The Hall–Kier alpha value is -0.720. The molecule has 0 amide bonds. The highest BCUT2D eigenvalue weighted by molar-refractivity contribution is 7.99. The number of nitrogens with zero attached hydrogens (tertiary/aromatic N) is 1. The largest absolute Gasteiger partial charge is 0.492 e. The highest BCUT2D eigenvalue weighted by Crippen LogP contribution is 2.41. The van der Waals surface area contributed by atoms with Crippen molar-refractivity contribution >= 4 is 21.8 Å². The second-order valence-corrected chi connectivity index (χ2v) is 9.15. The van der Waals surface area contributed by atoms with Crippen molar-refractivity contribution in [2.45, 2.75) is 43.0 Å². The molecule has 0 radical (unpaired) electrons. The van der Waals surface area contributed by atoms with Gasteiger partial charge < -0.3 is 4.74 Å². The number of rotatable bonds is 6. The molecule has 2 heterocycles. The summed E-state index contributed by atoms with van der Waals surface area (Å²) in [7, 11) is -3.22. The number of thioether (sulfide) groups is 1. The number of para-hydroxylation sites is 1. The summed E-state index contributed by atoms with van der Waals surface area (Å²) in [5.41, 5.74) is 0. The number of piperidine rings is 1. The molecule has 2 fully saturated rings. The van der Waals surface area contributed by atoms with Crippen LogP contribution in [0.1, 0.15) is 25.7 Å². The minimum Gasteiger partial charge on any atom is -0.492 e. The fourth-order valence-electron chi connectivity index (χ4n) is 3.62. The maximum absolute atomic E-state index is 12.7. The van der Waals surface area contributed by atoms with E-state index in [1.165, 1.54) is 0 Å². The summed E-state index contributed by atoms with van der Waals surface area (Å²) >= 11 is 1.87. The predicted octanol–water partition coefficient (Wildman–Crippen LogP) is 2.75. The summed E-state index contributed by atoms with van der Waals surface area (Å²) in [5.74, 6) is 0.792. The molecular weight excluding hydrogens is 318 g/mol. The lowest BCUT2D eigenvalue weighted by atomic mass is 10.1. The summed E-state index contributed by atoms with van der Waals surface area (Å²) in [6, 6.07) is 9.79. The van der Waals surface area contributed by atoms with Gasteiger partial charge in [0.05, 0.1) is 5.75 Å². The summed E-state index contributed by atoms with van der Waals surface area (Å²) in [4.78, 5) is 0. The van der Waals surface area contributed by atoms with Gasteiger partial charge in [-0.05, 0) is 44.1 Å². The van der Waals surface area contributed by atoms with Crippen molar-refractivity contribution in [1.82, 2.24) is 4.31 Å². The van der Waals surface area contributed by atoms with E-state index in [1.54, 1.807) is 4.31 Å². The monoisotopic (exact) mass is 341 g/mol. The van der Waals surface area contributed by atoms with Crippen LogP contribution in [0.25, 0.3) is 0 Å². The lowest BCUT2D eigenvalue weighted by Gasteiger charge is -2.37. The Labute approximate surface area is 137 Å². The molecule has 22 heavy (non-hydrogen) atoms. The number of benzene rings is 1. The van der Waals surface area contributed by atoms with E-state index in [0.717, 1.165) is 31.4 Å². The summed E-state index contributed by atoms with van der Waals surface area (Å²) < 4.78 is 32.7. The summed E-state index contributed by atoms with van der Waals surface area (Å²) in [6.45, 7) is 0.217. The Morgan fingerprint density at radius 3 is 2.41 bits per heavy atom. The van der Waals surface area contributed by atoms with E-state index in [-0.39, 0.29) is 24.4 Å². The van der Waals surface area contributed by atoms with Crippen LogP contribution in [0.4, 0.5) is 0 Å². The van der Waals surface area contributed by atoms with E-state index in [9.17, 15) is 8.42 Å². The van der Waals surface area contributed by atoms with Crippen LogP contribution >= 0.6 is 11.8 Å². The third-order valence-electron chi connectivity index (χ3n) is 4.63. The molecule has 122 valence electrons. The molecule has 4 nitrogen and oxygen atoms in total. The molecule has 3 rings (SSSR count). The molecule has 6 heteroatoms. The van der Waals surface area contributed by atoms with Gasteiger partial charge in [0.2, 0.25) is 10.0 Å². The topological polar surface area (TPSA) is 46.6 Å². The van der Waals surface area contributed by atoms with Gasteiger partial charge in [0, 0.05) is 17.3 Å². The van der Waals surface area contributed by atoms with Crippen LogP contribution in [0.5, 0.6) is 5.75 Å². The summed E-state index contributed by atoms with van der Waals surface area (Å²) in [5, 5.41) is 0.615. The van der Waals surface area contributed by atoms with Crippen molar-refractivity contribution in [1.29, 1.82) is 0 Å². The molecule has 2 atom stereocenters. The van der Waals surface area contributed by atoms with Crippen LogP contribution in [-0.2, 0) is 10.0 Å². The Balaban J connectivity index is 1.59. The molecule has 0 aliphatic carbocycles. The first-order chi connectivity index (χ1) is 10.6. The van der Waals surface area contributed by atoms with Crippen molar-refractivity contribution in [2.24, 2.45) is 0 Å². The standard InChI is InChI=1S/C16H23NO3S2/c1-21-16-11-13-7-8-14(12-16)17(13)22(18,19)10-9-20-15-5-3-2-4-6-15/h2-6,13-14,16H,7-12H2,1H3. The second-order valence-electron chi connectivity index (χ2n) is 6.02. The Bertz CT molecular complexity index is 577. The van der Waals surface area contributed by atoms with E-state index >= 15 is 0 Å². The number of sulfonamides is 1. The quantitative estimate of drug-likeness (QED) is 0.798. The molecule has 2 saturated heterocycles. The lowest BCUT2D eigenvalue weighted by molar-refractivity contribution is 0.250. The number of fused-ring (bicyclic) bond motifs is 2. The fourth-order valence-corrected chi connectivity index (χ4v) is 6.24. The highest BCUT2D eigenvalue weighted by Gasteiger charge is 2.46. The minimum absolute atomic E-state index is 0.0683. The molecule has 0 saturated carbocycles. The zero-order valence-electron chi connectivity index (χ0n) is 12.8. The zero-order valence-corrected chi connectivity index (χ0v) is 14.5. The molecule has 2 bridgehead atoms. The van der Waals surface area contributed by atoms with Crippen LogP contribution in [-0.4, -0.2) is 48.7 Å². The molecule has 0 N–H and O–H groups in total. The van der Waals surface area contributed by atoms with Gasteiger partial charge in [0.1, 0.15) is 12.4 Å². The number of ether oxygens (including phenoxy) is 1. The average molecular weight is 341 g/mol. The van der Waals surface area contributed by atoms with Crippen molar-refractivity contribution in [3.8, 4) is 5.75 Å². The van der Waals surface area contributed by atoms with Crippen molar-refractivity contribution < 1.29 is 13.2 Å². The van der Waals surface area contributed by atoms with Gasteiger partial charge >= 0.3 is 0 Å². The predicted molar refractivity (Wildman–Crippen MR) is 90.9 cm³/mol. The Kier molecular flexibility index (Phi) is 5.00. The van der Waals surface area contributed by atoms with Gasteiger partial charge in [-0.2, -0.15) is 16.1 Å². The number of hydrogen-bond donors (Lipinski definition) is 0. The van der Waals surface area contributed by atoms with Gasteiger partial charge in [0.25, 0.3) is 0 Å². The molecule has 0 aromatic heterocycles. The van der Waals surface area contributed by atoms with Crippen LogP contribution in [0.2, 0.25) is 0 Å². The van der Waals surface area contributed by atoms with E-state index in [0.29, 0.717) is 5.25 Å². The molecule has 0 spiro atoms. The van der Waals surface area contributed by atoms with Crippen LogP contribution < -0.4 is 4.74 Å². The molecule has 2 aliphatic heterocycles. The molecule has 2 unspecified atom stereocenters. The normalized spacial score (nSPS) is 28.7. The maximum Gasteiger partial charge on any atom is 0.217 e. The smallest absolute Gasteiger partial charge is 0.217 e. The van der Waals surface area contributed by atoms with Gasteiger partial charge in [-0.3, -0.25) is 0 Å². The third kappa shape index (κ3) is 3.44. The van der Waals surface area contributed by atoms with Crippen LogP contribution in [0.3, 0.4) is 0 Å². The van der Waals surface area contributed by atoms with E-state index < -0.39 is 10.0 Å². The fraction of sp³-hybridized carbons (Fsp3) is 0.625. The average Bonchev–Trinajstić information content (AvgIpc) is 2.80. The van der Waals surface area contributed by atoms with Gasteiger partial charge in [-0.1, -0.05) is 18.2 Å². The maximum atomic E-state index is 12.7. The molecular formula is C16H23NO3S2. The molecule has 1 aromatic rings. The van der Waals surface area contributed by atoms with Gasteiger partial charge in [0.15, 0.2) is 0 Å². The first kappa shape index (κ1) is 16.1. The second kappa shape index (κ2) is 6.81. The van der Waals surface area contributed by atoms with Gasteiger partial charge in [-0.15, -0.1) is 0 Å². The molecule has 2 aliphatic rings. The first-order valence-corrected chi connectivity index (χ1v) is 10.7. The van der Waals surface area contributed by atoms with Crippen molar-refractivity contribution in [2.75, 3.05) is 18.6 Å². The highest BCUT2D eigenvalue weighted by atomic mass is 32.2. The minimum atomic E-state index is -3.22. The SMILES string of the molecule is CSC1CC2CCC(C1)N2S(=O)(=O)CCOc1ccccc1. The zero-order chi connectivity index (χ0) is 15.6. The van der Waals surface area contributed by atoms with Crippen molar-refractivity contribution in [3.63, 3.8) is 0 Å². The van der Waals surface area contributed by atoms with E-state index in [4.69, 9.17) is 4.74 Å². The number of hydrogen-bond acceptors (Lipinski definition) is 4. The molecule has 1 aromatic carbocycles. The third-order valence-corrected chi connectivity index (χ3v) is 7.60. The summed E-state index contributed by atoms with van der Waals surface area (Å²) in [6.07, 6.45) is 6.15. The first-order valence-electron chi connectivity index (χ1n) is 7.82. The van der Waals surface area contributed by atoms with E-state index in [2.05, 4.69) is 6.26 Å². The van der Waals surface area contributed by atoms with E-state index in [1.807, 2.05) is 42.1 Å².